The number of nitrogens with zero attached hydrogens (tertiary/aromatic N) is 3. The molecule has 4 rings (SSSR count). The highest BCUT2D eigenvalue weighted by Gasteiger charge is 2.16. The predicted octanol–water partition coefficient (Wildman–Crippen LogP) is 1.26. The number of nitrogens with one attached hydrogen (secondary N) is 2. The Morgan fingerprint density at radius 2 is 2.19 bits per heavy atom. The first-order chi connectivity index (χ1) is 13.1. The van der Waals surface area contributed by atoms with Crippen LogP contribution in [0.25, 0.3) is 11.0 Å². The monoisotopic (exact) mass is 371 g/mol. The van der Waals surface area contributed by atoms with Crippen molar-refractivity contribution in [1.82, 2.24) is 19.5 Å². The molecular formula is C18H18FN5O3. The Morgan fingerprint density at radius 1 is 1.33 bits per heavy atom. The van der Waals surface area contributed by atoms with Crippen molar-refractivity contribution < 1.29 is 9.13 Å². The van der Waals surface area contributed by atoms with Crippen LogP contribution in [0.2, 0.25) is 0 Å². The van der Waals surface area contributed by atoms with Crippen LogP contribution in [0.1, 0.15) is 18.4 Å². The third kappa shape index (κ3) is 3.59. The van der Waals surface area contributed by atoms with Crippen LogP contribution in [0.3, 0.4) is 0 Å². The van der Waals surface area contributed by atoms with Crippen LogP contribution in [0.5, 0.6) is 0 Å². The van der Waals surface area contributed by atoms with Crippen molar-refractivity contribution in [2.24, 2.45) is 0 Å². The zero-order valence-corrected chi connectivity index (χ0v) is 14.4. The van der Waals surface area contributed by atoms with Gasteiger partial charge in [0.05, 0.1) is 12.6 Å². The number of ether oxygens (including phenoxy) is 1. The fourth-order valence-corrected chi connectivity index (χ4v) is 3.08. The molecule has 1 atom stereocenters. The molecule has 0 bridgehead atoms. The molecule has 0 radical (unpaired) electrons. The van der Waals surface area contributed by atoms with Crippen molar-refractivity contribution in [1.29, 1.82) is 0 Å². The Morgan fingerprint density at radius 3 is 2.96 bits per heavy atom. The van der Waals surface area contributed by atoms with Crippen LogP contribution in [0, 0.1) is 5.82 Å². The molecule has 1 fully saturated rings. The molecule has 3 heterocycles. The van der Waals surface area contributed by atoms with Gasteiger partial charge in [0.2, 0.25) is 5.95 Å². The van der Waals surface area contributed by atoms with Gasteiger partial charge in [-0.05, 0) is 18.9 Å². The van der Waals surface area contributed by atoms with Gasteiger partial charge in [-0.25, -0.2) is 14.2 Å². The lowest BCUT2D eigenvalue weighted by molar-refractivity contribution is 0.120. The second-order valence-corrected chi connectivity index (χ2v) is 6.38. The molecule has 9 heteroatoms. The molecule has 0 saturated carbocycles. The van der Waals surface area contributed by atoms with E-state index in [0.717, 1.165) is 24.0 Å². The van der Waals surface area contributed by atoms with Gasteiger partial charge in [0.25, 0.3) is 5.56 Å². The van der Waals surface area contributed by atoms with Crippen molar-refractivity contribution in [3.63, 3.8) is 0 Å². The Balaban J connectivity index is 1.63. The number of benzene rings is 1. The summed E-state index contributed by atoms with van der Waals surface area (Å²) in [5.74, 6) is -0.172. The van der Waals surface area contributed by atoms with Gasteiger partial charge in [0.15, 0.2) is 5.65 Å². The number of rotatable bonds is 5. The molecule has 1 aliphatic rings. The van der Waals surface area contributed by atoms with E-state index in [9.17, 15) is 14.0 Å². The Bertz CT molecular complexity index is 1090. The molecule has 0 amide bonds. The van der Waals surface area contributed by atoms with Gasteiger partial charge in [-0.1, -0.05) is 18.2 Å². The number of anilines is 1. The third-order valence-electron chi connectivity index (χ3n) is 4.53. The maximum Gasteiger partial charge on any atom is 0.330 e. The second kappa shape index (κ2) is 7.28. The number of halogens is 1. The Hall–Kier alpha value is -3.07. The van der Waals surface area contributed by atoms with Crippen molar-refractivity contribution >= 4 is 17.0 Å². The van der Waals surface area contributed by atoms with E-state index in [2.05, 4.69) is 20.3 Å². The first-order valence-corrected chi connectivity index (χ1v) is 8.70. The average Bonchev–Trinajstić information content (AvgIpc) is 3.18. The minimum atomic E-state index is -0.653. The molecule has 2 aromatic heterocycles. The van der Waals surface area contributed by atoms with E-state index in [1.165, 1.54) is 18.3 Å². The van der Waals surface area contributed by atoms with E-state index in [1.807, 2.05) is 0 Å². The zero-order valence-electron chi connectivity index (χ0n) is 14.4. The van der Waals surface area contributed by atoms with Gasteiger partial charge in [-0.15, -0.1) is 0 Å². The van der Waals surface area contributed by atoms with Gasteiger partial charge in [-0.2, -0.15) is 4.98 Å². The number of fused-ring (bicyclic) bond motifs is 1. The van der Waals surface area contributed by atoms with Crippen molar-refractivity contribution in [3.05, 3.63) is 62.7 Å². The average molecular weight is 371 g/mol. The standard InChI is InChI=1S/C18H18FN5O3/c19-14-6-2-1-4-11(14)10-24-16(25)13-9-21-17(22-15(13)23-18(24)26)20-8-12-5-3-7-27-12/h1-2,4,6,9,12H,3,5,7-8,10H2,(H2,20,21,22,23,26). The van der Waals surface area contributed by atoms with Crippen LogP contribution in [0.15, 0.2) is 40.1 Å². The van der Waals surface area contributed by atoms with Gasteiger partial charge in [0.1, 0.15) is 11.2 Å². The third-order valence-corrected chi connectivity index (χ3v) is 4.53. The predicted molar refractivity (Wildman–Crippen MR) is 97.4 cm³/mol. The van der Waals surface area contributed by atoms with Crippen LogP contribution in [-0.2, 0) is 11.3 Å². The first kappa shape index (κ1) is 17.3. The fraction of sp³-hybridized carbons (Fsp3) is 0.333. The van der Waals surface area contributed by atoms with Crippen LogP contribution >= 0.6 is 0 Å². The van der Waals surface area contributed by atoms with E-state index in [4.69, 9.17) is 4.74 Å². The largest absolute Gasteiger partial charge is 0.376 e. The lowest BCUT2D eigenvalue weighted by Crippen LogP contribution is -2.36. The van der Waals surface area contributed by atoms with E-state index >= 15 is 0 Å². The highest BCUT2D eigenvalue weighted by Crippen LogP contribution is 2.13. The van der Waals surface area contributed by atoms with Crippen LogP contribution < -0.4 is 16.6 Å². The molecule has 1 aromatic carbocycles. The number of hydrogen-bond donors (Lipinski definition) is 2. The minimum absolute atomic E-state index is 0.108. The number of aromatic amines is 1. The molecular weight excluding hydrogens is 353 g/mol. The Labute approximate surface area is 153 Å². The Kier molecular flexibility index (Phi) is 4.68. The highest BCUT2D eigenvalue weighted by molar-refractivity contribution is 5.73. The van der Waals surface area contributed by atoms with E-state index in [0.29, 0.717) is 12.5 Å². The summed E-state index contributed by atoms with van der Waals surface area (Å²) in [6.07, 6.45) is 3.46. The molecule has 0 aliphatic carbocycles. The summed E-state index contributed by atoms with van der Waals surface area (Å²) in [5.41, 5.74) is -0.831. The summed E-state index contributed by atoms with van der Waals surface area (Å²) in [6, 6.07) is 6.00. The highest BCUT2D eigenvalue weighted by atomic mass is 19.1. The SMILES string of the molecule is O=c1[nH]c2nc(NCC3CCCO3)ncc2c(=O)n1Cc1ccccc1F. The molecule has 1 unspecified atom stereocenters. The van der Waals surface area contributed by atoms with Gasteiger partial charge in [0, 0.05) is 24.9 Å². The minimum Gasteiger partial charge on any atom is -0.376 e. The molecule has 1 aliphatic heterocycles. The maximum absolute atomic E-state index is 13.8. The molecule has 140 valence electrons. The number of H-pyrrole nitrogens is 1. The number of hydrogen-bond acceptors (Lipinski definition) is 6. The van der Waals surface area contributed by atoms with Crippen LogP contribution in [0.4, 0.5) is 10.3 Å². The summed E-state index contributed by atoms with van der Waals surface area (Å²) >= 11 is 0. The van der Waals surface area contributed by atoms with Crippen molar-refractivity contribution in [2.45, 2.75) is 25.5 Å². The van der Waals surface area contributed by atoms with Gasteiger partial charge >= 0.3 is 5.69 Å². The lowest BCUT2D eigenvalue weighted by atomic mass is 10.2. The molecule has 1 saturated heterocycles. The second-order valence-electron chi connectivity index (χ2n) is 6.38. The quantitative estimate of drug-likeness (QED) is 0.700. The molecule has 0 spiro atoms. The summed E-state index contributed by atoms with van der Waals surface area (Å²) in [5, 5.41) is 3.21. The van der Waals surface area contributed by atoms with Crippen molar-refractivity contribution in [3.8, 4) is 0 Å². The van der Waals surface area contributed by atoms with Gasteiger partial charge < -0.3 is 10.1 Å². The maximum atomic E-state index is 13.8. The topological polar surface area (TPSA) is 102 Å². The van der Waals surface area contributed by atoms with Crippen molar-refractivity contribution in [2.75, 3.05) is 18.5 Å². The fourth-order valence-electron chi connectivity index (χ4n) is 3.08. The molecule has 8 nitrogen and oxygen atoms in total. The molecule has 2 N–H and O–H groups in total. The molecule has 27 heavy (non-hydrogen) atoms. The summed E-state index contributed by atoms with van der Waals surface area (Å²) in [6.45, 7) is 1.13. The summed E-state index contributed by atoms with van der Waals surface area (Å²) in [4.78, 5) is 35.9. The smallest absolute Gasteiger partial charge is 0.330 e. The summed E-state index contributed by atoms with van der Waals surface area (Å²) < 4.78 is 20.3. The lowest BCUT2D eigenvalue weighted by Gasteiger charge is -2.11. The van der Waals surface area contributed by atoms with E-state index in [-0.39, 0.29) is 29.2 Å². The number of aromatic nitrogens is 4. The van der Waals surface area contributed by atoms with E-state index in [1.54, 1.807) is 12.1 Å². The molecule has 3 aromatic rings. The van der Waals surface area contributed by atoms with Crippen LogP contribution in [-0.4, -0.2) is 38.8 Å². The summed E-state index contributed by atoms with van der Waals surface area (Å²) in [7, 11) is 0. The first-order valence-electron chi connectivity index (χ1n) is 8.70. The van der Waals surface area contributed by atoms with E-state index < -0.39 is 17.1 Å². The normalized spacial score (nSPS) is 16.7. The zero-order chi connectivity index (χ0) is 18.8. The van der Waals surface area contributed by atoms with Gasteiger partial charge in [-0.3, -0.25) is 14.3 Å².